The van der Waals surface area contributed by atoms with Crippen molar-refractivity contribution in [1.82, 2.24) is 0 Å². The number of hydrogen-bond donors (Lipinski definition) is 2. The minimum atomic E-state index is -4.75. The summed E-state index contributed by atoms with van der Waals surface area (Å²) in [6.45, 7) is 2.98. The third-order valence-electron chi connectivity index (χ3n) is 6.97. The third kappa shape index (κ3) is 32.0. The molecule has 0 aliphatic rings. The van der Waals surface area contributed by atoms with Crippen LogP contribution in [0.5, 0.6) is 0 Å². The van der Waals surface area contributed by atoms with Gasteiger partial charge in [0.1, 0.15) is 6.61 Å². The quantitative estimate of drug-likeness (QED) is 0.0448. The second-order valence-electron chi connectivity index (χ2n) is 11.1. The van der Waals surface area contributed by atoms with E-state index in [0.29, 0.717) is 12.8 Å². The summed E-state index contributed by atoms with van der Waals surface area (Å²) in [4.78, 5) is 53.3. The number of phosphoric ester groups is 1. The van der Waals surface area contributed by atoms with Gasteiger partial charge in [0, 0.05) is 25.5 Å². The van der Waals surface area contributed by atoms with Crippen LogP contribution in [-0.4, -0.2) is 51.9 Å². The van der Waals surface area contributed by atoms with Gasteiger partial charge in [0.15, 0.2) is 11.2 Å². The molecule has 0 amide bonds. The normalized spacial score (nSPS) is 12.3. The molecule has 42 heavy (non-hydrogen) atoms. The highest BCUT2D eigenvalue weighted by Gasteiger charge is 2.22. The number of hydrogen-bond acceptors (Lipinski definition) is 8. The Bertz CT molecular complexity index is 729. The van der Waals surface area contributed by atoms with Crippen molar-refractivity contribution in [3.8, 4) is 0 Å². The summed E-state index contributed by atoms with van der Waals surface area (Å²) >= 11 is 1.39. The fourth-order valence-electron chi connectivity index (χ4n) is 4.56. The highest BCUT2D eigenvalue weighted by molar-refractivity contribution is 8.13. The lowest BCUT2D eigenvalue weighted by atomic mass is 10.1. The highest BCUT2D eigenvalue weighted by Crippen LogP contribution is 2.36. The average molecular weight is 639 g/mol. The lowest BCUT2D eigenvalue weighted by molar-refractivity contribution is -0.161. The van der Waals surface area contributed by atoms with E-state index in [-0.39, 0.29) is 24.6 Å². The van der Waals surface area contributed by atoms with Gasteiger partial charge in [-0.1, -0.05) is 128 Å². The molecule has 2 N–H and O–H groups in total. The van der Waals surface area contributed by atoms with Gasteiger partial charge in [-0.05, 0) is 19.3 Å². The number of esters is 2. The topological polar surface area (TPSA) is 136 Å². The fourth-order valence-corrected chi connectivity index (χ4v) is 5.55. The smallest absolute Gasteiger partial charge is 0.462 e. The van der Waals surface area contributed by atoms with Crippen molar-refractivity contribution in [3.63, 3.8) is 0 Å². The van der Waals surface area contributed by atoms with E-state index in [9.17, 15) is 18.9 Å². The van der Waals surface area contributed by atoms with Crippen LogP contribution in [0.25, 0.3) is 0 Å². The van der Waals surface area contributed by atoms with Crippen LogP contribution < -0.4 is 0 Å². The average Bonchev–Trinajstić information content (AvgIpc) is 2.93. The molecule has 1 atom stereocenters. The van der Waals surface area contributed by atoms with Gasteiger partial charge in [-0.2, -0.15) is 0 Å². The Morgan fingerprint density at radius 1 is 0.643 bits per heavy atom. The summed E-state index contributed by atoms with van der Waals surface area (Å²) < 4.78 is 26.1. The van der Waals surface area contributed by atoms with Crippen LogP contribution in [0.15, 0.2) is 0 Å². The molecule has 248 valence electrons. The van der Waals surface area contributed by atoms with Crippen molar-refractivity contribution < 1.29 is 42.7 Å². The van der Waals surface area contributed by atoms with E-state index in [1.165, 1.54) is 69.5 Å². The molecule has 11 heteroatoms. The zero-order valence-electron chi connectivity index (χ0n) is 26.4. The molecule has 9 nitrogen and oxygen atoms in total. The standard InChI is InChI=1S/C31H59O9PS/c1-3-4-5-6-7-8-9-11-15-18-21-24-31(34)40-29(27-39-41(35,36)37)26-38-30(33)23-20-17-14-12-10-13-16-19-22-25-42-28(2)32/h29H,3-27H2,1-2H3,(H2,35,36,37)/t29-/m0/s1. The number of rotatable bonds is 30. The molecule has 0 rings (SSSR count). The maximum atomic E-state index is 12.3. The van der Waals surface area contributed by atoms with E-state index in [2.05, 4.69) is 11.4 Å². The molecule has 0 aromatic heterocycles. The first kappa shape index (κ1) is 41.1. The Hall–Kier alpha value is -0.930. The Kier molecular flexibility index (Phi) is 28.2. The first-order valence-corrected chi connectivity index (χ1v) is 18.8. The predicted molar refractivity (Wildman–Crippen MR) is 169 cm³/mol. The second-order valence-corrected chi connectivity index (χ2v) is 13.6. The van der Waals surface area contributed by atoms with Gasteiger partial charge in [0.25, 0.3) is 0 Å². The van der Waals surface area contributed by atoms with Crippen LogP contribution in [0, 0.1) is 0 Å². The van der Waals surface area contributed by atoms with Crippen LogP contribution in [0.3, 0.4) is 0 Å². The molecule has 0 unspecified atom stereocenters. The first-order valence-electron chi connectivity index (χ1n) is 16.3. The lowest BCUT2D eigenvalue weighted by Gasteiger charge is -2.18. The summed E-state index contributed by atoms with van der Waals surface area (Å²) in [6, 6.07) is 0. The Labute approximate surface area is 259 Å². The van der Waals surface area contributed by atoms with Gasteiger partial charge in [0.05, 0.1) is 6.61 Å². The van der Waals surface area contributed by atoms with E-state index in [4.69, 9.17) is 19.3 Å². The molecule has 0 fully saturated rings. The summed E-state index contributed by atoms with van der Waals surface area (Å²) in [6.07, 6.45) is 21.7. The molecule has 0 saturated carbocycles. The zero-order chi connectivity index (χ0) is 31.3. The SMILES string of the molecule is CCCCCCCCCCCCCC(=O)O[C@@H](COC(=O)CCCCCCCCCCCSC(C)=O)COP(=O)(O)O. The predicted octanol–water partition coefficient (Wildman–Crippen LogP) is 8.43. The fraction of sp³-hybridized carbons (Fsp3) is 0.903. The zero-order valence-corrected chi connectivity index (χ0v) is 28.1. The summed E-state index contributed by atoms with van der Waals surface area (Å²) in [7, 11) is -4.75. The lowest BCUT2D eigenvalue weighted by Crippen LogP contribution is -2.29. The van der Waals surface area contributed by atoms with E-state index in [0.717, 1.165) is 63.5 Å². The molecule has 0 bridgehead atoms. The Morgan fingerprint density at radius 2 is 1.07 bits per heavy atom. The number of unbranched alkanes of at least 4 members (excludes halogenated alkanes) is 18. The van der Waals surface area contributed by atoms with Gasteiger partial charge in [-0.3, -0.25) is 18.9 Å². The van der Waals surface area contributed by atoms with Crippen molar-refractivity contribution in [2.24, 2.45) is 0 Å². The molecule has 0 aromatic carbocycles. The van der Waals surface area contributed by atoms with Crippen molar-refractivity contribution in [2.45, 2.75) is 161 Å². The summed E-state index contributed by atoms with van der Waals surface area (Å²) in [5.74, 6) is -0.0117. The molecule has 0 spiro atoms. The van der Waals surface area contributed by atoms with Crippen LogP contribution in [0.1, 0.15) is 155 Å². The second kappa shape index (κ2) is 28.8. The number of carbonyl (C=O) groups is 3. The maximum absolute atomic E-state index is 12.3. The maximum Gasteiger partial charge on any atom is 0.469 e. The molecular formula is C31H59O9PS. The molecule has 0 saturated heterocycles. The molecular weight excluding hydrogens is 579 g/mol. The monoisotopic (exact) mass is 638 g/mol. The molecule has 0 aliphatic heterocycles. The number of phosphoric acid groups is 1. The van der Waals surface area contributed by atoms with Crippen LogP contribution in [-0.2, 0) is 32.9 Å². The largest absolute Gasteiger partial charge is 0.469 e. The molecule has 0 heterocycles. The van der Waals surface area contributed by atoms with Crippen molar-refractivity contribution in [2.75, 3.05) is 19.0 Å². The van der Waals surface area contributed by atoms with Gasteiger partial charge >= 0.3 is 19.8 Å². The molecule has 0 radical (unpaired) electrons. The Morgan fingerprint density at radius 3 is 1.52 bits per heavy atom. The van der Waals surface area contributed by atoms with Gasteiger partial charge in [0.2, 0.25) is 0 Å². The minimum Gasteiger partial charge on any atom is -0.462 e. The van der Waals surface area contributed by atoms with E-state index in [1.807, 2.05) is 0 Å². The van der Waals surface area contributed by atoms with Crippen molar-refractivity contribution >= 4 is 36.6 Å². The minimum absolute atomic E-state index is 0.182. The third-order valence-corrected chi connectivity index (χ3v) is 8.36. The number of carbonyl (C=O) groups excluding carboxylic acids is 3. The number of thioether (sulfide) groups is 1. The van der Waals surface area contributed by atoms with E-state index >= 15 is 0 Å². The summed E-state index contributed by atoms with van der Waals surface area (Å²) in [5.41, 5.74) is 0. The van der Waals surface area contributed by atoms with Crippen molar-refractivity contribution in [1.29, 1.82) is 0 Å². The first-order chi connectivity index (χ1) is 20.1. The van der Waals surface area contributed by atoms with E-state index < -0.39 is 32.5 Å². The highest BCUT2D eigenvalue weighted by atomic mass is 32.2. The van der Waals surface area contributed by atoms with Crippen molar-refractivity contribution in [3.05, 3.63) is 0 Å². The van der Waals surface area contributed by atoms with Gasteiger partial charge in [-0.15, -0.1) is 0 Å². The van der Waals surface area contributed by atoms with Gasteiger partial charge in [-0.25, -0.2) is 4.57 Å². The van der Waals surface area contributed by atoms with Crippen LogP contribution >= 0.6 is 19.6 Å². The molecule has 0 aliphatic carbocycles. The van der Waals surface area contributed by atoms with E-state index in [1.54, 1.807) is 6.92 Å². The number of ether oxygens (including phenoxy) is 2. The Balaban J connectivity index is 3.98. The van der Waals surface area contributed by atoms with Gasteiger partial charge < -0.3 is 19.3 Å². The van der Waals surface area contributed by atoms with Crippen LogP contribution in [0.4, 0.5) is 0 Å². The van der Waals surface area contributed by atoms with Crippen LogP contribution in [0.2, 0.25) is 0 Å². The summed E-state index contributed by atoms with van der Waals surface area (Å²) in [5, 5.41) is 0.182. The molecule has 0 aromatic rings.